The number of ether oxygens (including phenoxy) is 1. The Balaban J connectivity index is 1.62. The minimum absolute atomic E-state index is 0.117. The Bertz CT molecular complexity index is 1810. The third-order valence-corrected chi connectivity index (χ3v) is 6.76. The smallest absolute Gasteiger partial charge is 0.200 e. The average Bonchev–Trinajstić information content (AvgIpc) is 2.92. The number of para-hydroxylation sites is 1. The zero-order valence-corrected chi connectivity index (χ0v) is 22.5. The Morgan fingerprint density at radius 2 is 1.80 bits per heavy atom. The molecule has 9 heteroatoms. The van der Waals surface area contributed by atoms with Crippen molar-refractivity contribution in [2.45, 2.75) is 26.8 Å². The van der Waals surface area contributed by atoms with Crippen molar-refractivity contribution in [1.29, 1.82) is 5.41 Å². The Hall–Kier alpha value is -5.05. The van der Waals surface area contributed by atoms with Crippen molar-refractivity contribution < 1.29 is 13.5 Å². The molecule has 0 saturated heterocycles. The van der Waals surface area contributed by atoms with Gasteiger partial charge in [-0.3, -0.25) is 10.2 Å². The van der Waals surface area contributed by atoms with Crippen LogP contribution in [-0.4, -0.2) is 22.8 Å². The molecule has 1 atom stereocenters. The van der Waals surface area contributed by atoms with Crippen LogP contribution in [0.5, 0.6) is 5.75 Å². The summed E-state index contributed by atoms with van der Waals surface area (Å²) in [6.45, 7) is 5.61. The molecule has 2 heterocycles. The van der Waals surface area contributed by atoms with Crippen LogP contribution in [0.4, 0.5) is 16.0 Å². The van der Waals surface area contributed by atoms with Gasteiger partial charge in [-0.1, -0.05) is 24.3 Å². The monoisotopic (exact) mass is 537 g/mol. The van der Waals surface area contributed by atoms with E-state index in [-0.39, 0.29) is 28.3 Å². The van der Waals surface area contributed by atoms with Gasteiger partial charge in [0, 0.05) is 5.56 Å². The van der Waals surface area contributed by atoms with E-state index >= 15 is 0 Å². The van der Waals surface area contributed by atoms with Crippen LogP contribution in [0.3, 0.4) is 0 Å². The molecule has 0 fully saturated rings. The molecule has 0 aliphatic heterocycles. The first-order valence-corrected chi connectivity index (χ1v) is 12.6. The highest BCUT2D eigenvalue weighted by Gasteiger charge is 2.24. The number of methoxy groups -OCH3 is 1. The summed E-state index contributed by atoms with van der Waals surface area (Å²) in [5.41, 5.74) is 9.79. The molecule has 4 N–H and O–H groups in total. The van der Waals surface area contributed by atoms with Crippen LogP contribution >= 0.6 is 0 Å². The first-order valence-electron chi connectivity index (χ1n) is 12.6. The largest absolute Gasteiger partial charge is 0.496 e. The number of halogens is 1. The number of hydrogen-bond acceptors (Lipinski definition) is 8. The van der Waals surface area contributed by atoms with Crippen LogP contribution in [0.25, 0.3) is 22.1 Å². The fourth-order valence-corrected chi connectivity index (χ4v) is 4.97. The van der Waals surface area contributed by atoms with Crippen molar-refractivity contribution in [1.82, 2.24) is 9.97 Å². The summed E-state index contributed by atoms with van der Waals surface area (Å²) < 4.78 is 25.9. The molecule has 40 heavy (non-hydrogen) atoms. The molecule has 0 aliphatic carbocycles. The number of benzene rings is 3. The molecule has 0 bridgehead atoms. The normalized spacial score (nSPS) is 11.8. The Labute approximate surface area is 230 Å². The topological polar surface area (TPSA) is 127 Å². The lowest BCUT2D eigenvalue weighted by Gasteiger charge is -2.20. The number of hydrogen-bond donors (Lipinski definition) is 3. The quantitative estimate of drug-likeness (QED) is 0.211. The lowest BCUT2D eigenvalue weighted by molar-refractivity contribution is 0.408. The van der Waals surface area contributed by atoms with Gasteiger partial charge in [0.05, 0.1) is 35.4 Å². The fraction of sp³-hybridized carbons (Fsp3) is 0.161. The maximum absolute atomic E-state index is 14.2. The predicted molar refractivity (Wildman–Crippen MR) is 155 cm³/mol. The number of fused-ring (bicyclic) bond motifs is 1. The number of rotatable bonds is 7. The Morgan fingerprint density at radius 1 is 1.07 bits per heavy atom. The highest BCUT2D eigenvalue weighted by molar-refractivity contribution is 6.16. The molecular weight excluding hydrogens is 509 g/mol. The fourth-order valence-electron chi connectivity index (χ4n) is 4.97. The van der Waals surface area contributed by atoms with Gasteiger partial charge in [0.25, 0.3) is 0 Å². The Kier molecular flexibility index (Phi) is 7.04. The van der Waals surface area contributed by atoms with Gasteiger partial charge in [0.1, 0.15) is 40.9 Å². The molecule has 1 unspecified atom stereocenters. The van der Waals surface area contributed by atoms with Crippen LogP contribution in [0.15, 0.2) is 76.2 Å². The summed E-state index contributed by atoms with van der Waals surface area (Å²) in [5.74, 6) is 0.974. The van der Waals surface area contributed by atoms with Crippen LogP contribution < -0.4 is 21.2 Å². The minimum Gasteiger partial charge on any atom is -0.496 e. The number of aryl methyl sites for hydroxylation is 2. The molecule has 2 aromatic heterocycles. The predicted octanol–water partition coefficient (Wildman–Crippen LogP) is 6.19. The number of nitrogen functional groups attached to an aromatic ring is 1. The van der Waals surface area contributed by atoms with E-state index in [1.54, 1.807) is 50.4 Å². The number of nitrogens with one attached hydrogen (secondary N) is 2. The second-order valence-corrected chi connectivity index (χ2v) is 9.54. The van der Waals surface area contributed by atoms with Crippen LogP contribution in [0.1, 0.15) is 41.0 Å². The van der Waals surface area contributed by atoms with Crippen molar-refractivity contribution in [2.24, 2.45) is 0 Å². The molecule has 0 aliphatic rings. The molecule has 8 nitrogen and oxygen atoms in total. The molecule has 5 aromatic rings. The van der Waals surface area contributed by atoms with Gasteiger partial charge in [0.15, 0.2) is 0 Å². The summed E-state index contributed by atoms with van der Waals surface area (Å²) >= 11 is 0. The molecule has 202 valence electrons. The van der Waals surface area contributed by atoms with Gasteiger partial charge >= 0.3 is 0 Å². The van der Waals surface area contributed by atoms with Gasteiger partial charge in [-0.15, -0.1) is 0 Å². The second-order valence-electron chi connectivity index (χ2n) is 9.54. The zero-order chi connectivity index (χ0) is 28.6. The van der Waals surface area contributed by atoms with Gasteiger partial charge in [-0.2, -0.15) is 0 Å². The molecule has 0 radical (unpaired) electrons. The summed E-state index contributed by atoms with van der Waals surface area (Å²) in [5, 5.41) is 12.7. The molecule has 3 aromatic carbocycles. The first kappa shape index (κ1) is 26.6. The van der Waals surface area contributed by atoms with Gasteiger partial charge < -0.3 is 20.2 Å². The molecule has 0 saturated carbocycles. The highest BCUT2D eigenvalue weighted by atomic mass is 19.1. The van der Waals surface area contributed by atoms with Gasteiger partial charge in [-0.05, 0) is 73.9 Å². The number of aromatic nitrogens is 2. The number of nitrogens with two attached hydrogens (primary N) is 1. The molecule has 5 rings (SSSR count). The molecular formula is C31H28FN5O3. The first-order chi connectivity index (χ1) is 19.2. The van der Waals surface area contributed by atoms with E-state index in [4.69, 9.17) is 20.3 Å². The van der Waals surface area contributed by atoms with Crippen molar-refractivity contribution in [2.75, 3.05) is 18.2 Å². The SMILES string of the molecule is COc1c(C)cc(C(=N)c2c(N)ncnc2NC(C)c2oc3ccccc3c(=O)c2-c2cccc(F)c2)cc1C. The number of anilines is 2. The lowest BCUT2D eigenvalue weighted by Crippen LogP contribution is -2.19. The number of nitrogens with zero attached hydrogens (tertiary/aromatic N) is 2. The van der Waals surface area contributed by atoms with Gasteiger partial charge in [-0.25, -0.2) is 14.4 Å². The van der Waals surface area contributed by atoms with Crippen molar-refractivity contribution in [3.63, 3.8) is 0 Å². The van der Waals surface area contributed by atoms with Crippen LogP contribution in [0, 0.1) is 25.1 Å². The maximum Gasteiger partial charge on any atom is 0.200 e. The summed E-state index contributed by atoms with van der Waals surface area (Å²) in [7, 11) is 1.61. The van der Waals surface area contributed by atoms with Crippen molar-refractivity contribution in [3.8, 4) is 16.9 Å². The second kappa shape index (κ2) is 10.6. The Morgan fingerprint density at radius 3 is 2.50 bits per heavy atom. The van der Waals surface area contributed by atoms with E-state index in [1.807, 2.05) is 26.0 Å². The summed E-state index contributed by atoms with van der Waals surface area (Å²) in [6, 6.07) is 15.8. The van der Waals surface area contributed by atoms with E-state index in [9.17, 15) is 9.18 Å². The van der Waals surface area contributed by atoms with Crippen molar-refractivity contribution >= 4 is 28.3 Å². The van der Waals surface area contributed by atoms with E-state index in [0.29, 0.717) is 33.4 Å². The maximum atomic E-state index is 14.2. The third-order valence-electron chi connectivity index (χ3n) is 6.76. The van der Waals surface area contributed by atoms with E-state index in [2.05, 4.69) is 15.3 Å². The third kappa shape index (κ3) is 4.77. The lowest BCUT2D eigenvalue weighted by atomic mass is 9.97. The van der Waals surface area contributed by atoms with Crippen molar-refractivity contribution in [3.05, 3.63) is 111 Å². The standard InChI is InChI=1S/C31H28FN5O3/c1-16-12-20(13-17(2)28(16)39-4)26(33)25-30(34)35-15-36-31(25)37-18(3)29-24(19-8-7-9-21(32)14-19)27(38)22-10-5-6-11-23(22)40-29/h5-15,18,33H,1-4H3,(H3,34,35,36,37). The summed E-state index contributed by atoms with van der Waals surface area (Å²) in [6.07, 6.45) is 1.30. The van der Waals surface area contributed by atoms with Gasteiger partial charge in [0.2, 0.25) is 5.43 Å². The average molecular weight is 538 g/mol. The molecule has 0 spiro atoms. The van der Waals surface area contributed by atoms with E-state index < -0.39 is 11.9 Å². The van der Waals surface area contributed by atoms with E-state index in [0.717, 1.165) is 16.9 Å². The van der Waals surface area contributed by atoms with Crippen LogP contribution in [0.2, 0.25) is 0 Å². The zero-order valence-electron chi connectivity index (χ0n) is 22.5. The highest BCUT2D eigenvalue weighted by Crippen LogP contribution is 2.33. The molecule has 0 amide bonds. The van der Waals surface area contributed by atoms with Crippen LogP contribution in [-0.2, 0) is 0 Å². The van der Waals surface area contributed by atoms with E-state index in [1.165, 1.54) is 18.5 Å². The summed E-state index contributed by atoms with van der Waals surface area (Å²) in [4.78, 5) is 22.2. The minimum atomic E-state index is -0.629.